The predicted molar refractivity (Wildman–Crippen MR) is 70.9 cm³/mol. The van der Waals surface area contributed by atoms with Gasteiger partial charge in [-0.3, -0.25) is 4.79 Å². The average molecular weight is 258 g/mol. The predicted octanol–water partition coefficient (Wildman–Crippen LogP) is 2.82. The molecule has 0 fully saturated rings. The van der Waals surface area contributed by atoms with Crippen molar-refractivity contribution in [2.24, 2.45) is 5.41 Å². The van der Waals surface area contributed by atoms with Gasteiger partial charge in [0.15, 0.2) is 0 Å². The first-order valence-corrected chi connectivity index (χ1v) is 5.88. The molecule has 1 aliphatic rings. The largest absolute Gasteiger partial charge is 0.481 e. The zero-order valence-corrected chi connectivity index (χ0v) is 10.5. The van der Waals surface area contributed by atoms with Crippen LogP contribution in [0.4, 0.5) is 0 Å². The fourth-order valence-corrected chi connectivity index (χ4v) is 2.06. The molecule has 98 valence electrons. The highest BCUT2D eigenvalue weighted by molar-refractivity contribution is 5.88. The van der Waals surface area contributed by atoms with Gasteiger partial charge in [-0.1, -0.05) is 30.4 Å². The average Bonchev–Trinajstić information content (AvgIpc) is 2.39. The summed E-state index contributed by atoms with van der Waals surface area (Å²) in [6, 6.07) is 6.46. The van der Waals surface area contributed by atoms with Gasteiger partial charge in [0.25, 0.3) is 0 Å². The van der Waals surface area contributed by atoms with Crippen molar-refractivity contribution in [2.75, 3.05) is 0 Å². The van der Waals surface area contributed by atoms with Gasteiger partial charge in [-0.05, 0) is 36.6 Å². The first-order valence-electron chi connectivity index (χ1n) is 5.88. The second-order valence-electron chi connectivity index (χ2n) is 4.83. The Morgan fingerprint density at radius 3 is 2.32 bits per heavy atom. The monoisotopic (exact) mass is 258 g/mol. The first-order chi connectivity index (χ1) is 8.92. The molecule has 1 aromatic carbocycles. The molecule has 0 saturated carbocycles. The van der Waals surface area contributed by atoms with E-state index in [-0.39, 0.29) is 5.56 Å². The fourth-order valence-electron chi connectivity index (χ4n) is 2.06. The second kappa shape index (κ2) is 4.72. The third-order valence-electron chi connectivity index (χ3n) is 3.31. The number of carboxylic acids is 2. The van der Waals surface area contributed by atoms with E-state index in [1.54, 1.807) is 31.2 Å². The Balaban J connectivity index is 2.28. The van der Waals surface area contributed by atoms with Crippen LogP contribution in [-0.2, 0) is 4.79 Å². The van der Waals surface area contributed by atoms with Crippen molar-refractivity contribution in [1.29, 1.82) is 0 Å². The highest BCUT2D eigenvalue weighted by Crippen LogP contribution is 2.36. The van der Waals surface area contributed by atoms with Crippen molar-refractivity contribution in [3.05, 3.63) is 53.6 Å². The summed E-state index contributed by atoms with van der Waals surface area (Å²) in [5, 5.41) is 18.1. The summed E-state index contributed by atoms with van der Waals surface area (Å²) < 4.78 is 0. The van der Waals surface area contributed by atoms with Gasteiger partial charge in [-0.15, -0.1) is 0 Å². The van der Waals surface area contributed by atoms with Crippen molar-refractivity contribution >= 4 is 17.5 Å². The third-order valence-corrected chi connectivity index (χ3v) is 3.31. The minimum absolute atomic E-state index is 0.219. The van der Waals surface area contributed by atoms with Crippen molar-refractivity contribution in [2.45, 2.75) is 13.3 Å². The SMILES string of the molecule is CC1(C(=O)O)C=CC=C(c2ccc(C(=O)O)cc2)C1. The normalized spacial score (nSPS) is 21.8. The number of benzene rings is 1. The summed E-state index contributed by atoms with van der Waals surface area (Å²) in [5.74, 6) is -1.84. The lowest BCUT2D eigenvalue weighted by Gasteiger charge is -2.25. The number of hydrogen-bond donors (Lipinski definition) is 2. The zero-order chi connectivity index (χ0) is 14.0. The minimum Gasteiger partial charge on any atom is -0.481 e. The fraction of sp³-hybridized carbons (Fsp3) is 0.200. The Hall–Kier alpha value is -2.36. The zero-order valence-electron chi connectivity index (χ0n) is 10.5. The molecule has 1 unspecified atom stereocenters. The third kappa shape index (κ3) is 2.57. The van der Waals surface area contributed by atoms with Gasteiger partial charge in [0, 0.05) is 0 Å². The molecular weight excluding hydrogens is 244 g/mol. The topological polar surface area (TPSA) is 74.6 Å². The lowest BCUT2D eigenvalue weighted by Crippen LogP contribution is -2.26. The number of allylic oxidation sites excluding steroid dienone is 3. The van der Waals surface area contributed by atoms with Crippen LogP contribution in [0.3, 0.4) is 0 Å². The van der Waals surface area contributed by atoms with E-state index in [0.717, 1.165) is 11.1 Å². The van der Waals surface area contributed by atoms with E-state index in [1.165, 1.54) is 12.1 Å². The molecular formula is C15H14O4. The second-order valence-corrected chi connectivity index (χ2v) is 4.83. The molecule has 0 aromatic heterocycles. The summed E-state index contributed by atoms with van der Waals surface area (Å²) in [6.07, 6.45) is 5.66. The molecule has 2 N–H and O–H groups in total. The quantitative estimate of drug-likeness (QED) is 0.874. The molecule has 0 bridgehead atoms. The van der Waals surface area contributed by atoms with Crippen LogP contribution in [0.5, 0.6) is 0 Å². The summed E-state index contributed by atoms with van der Waals surface area (Å²) in [5.41, 5.74) is 1.05. The van der Waals surface area contributed by atoms with Gasteiger partial charge in [0.1, 0.15) is 0 Å². The molecule has 1 aliphatic carbocycles. The van der Waals surface area contributed by atoms with E-state index >= 15 is 0 Å². The molecule has 2 rings (SSSR count). The van der Waals surface area contributed by atoms with Gasteiger partial charge in [0.2, 0.25) is 0 Å². The molecule has 0 saturated heterocycles. The molecule has 19 heavy (non-hydrogen) atoms. The Bertz CT molecular complexity index is 581. The van der Waals surface area contributed by atoms with Crippen LogP contribution in [0.1, 0.15) is 29.3 Å². The van der Waals surface area contributed by atoms with Gasteiger partial charge < -0.3 is 10.2 Å². The molecule has 0 spiro atoms. The van der Waals surface area contributed by atoms with Crippen molar-refractivity contribution < 1.29 is 19.8 Å². The van der Waals surface area contributed by atoms with Crippen molar-refractivity contribution in [3.63, 3.8) is 0 Å². The van der Waals surface area contributed by atoms with Crippen LogP contribution in [0.15, 0.2) is 42.5 Å². The number of carboxylic acid groups (broad SMARTS) is 2. The number of aromatic carboxylic acids is 1. The highest BCUT2D eigenvalue weighted by Gasteiger charge is 2.32. The number of hydrogen-bond acceptors (Lipinski definition) is 2. The van der Waals surface area contributed by atoms with Gasteiger partial charge in [-0.2, -0.15) is 0 Å². The van der Waals surface area contributed by atoms with Crippen LogP contribution in [-0.4, -0.2) is 22.2 Å². The number of carbonyl (C=O) groups is 2. The van der Waals surface area contributed by atoms with Crippen LogP contribution >= 0.6 is 0 Å². The smallest absolute Gasteiger partial charge is 0.335 e. The Morgan fingerprint density at radius 2 is 1.79 bits per heavy atom. The van der Waals surface area contributed by atoms with E-state index in [2.05, 4.69) is 0 Å². The van der Waals surface area contributed by atoms with Crippen molar-refractivity contribution in [1.82, 2.24) is 0 Å². The van der Waals surface area contributed by atoms with Crippen molar-refractivity contribution in [3.8, 4) is 0 Å². The molecule has 0 amide bonds. The van der Waals surface area contributed by atoms with E-state index < -0.39 is 17.4 Å². The van der Waals surface area contributed by atoms with Crippen LogP contribution in [0, 0.1) is 5.41 Å². The summed E-state index contributed by atoms with van der Waals surface area (Å²) >= 11 is 0. The summed E-state index contributed by atoms with van der Waals surface area (Å²) in [6.45, 7) is 1.67. The summed E-state index contributed by atoms with van der Waals surface area (Å²) in [4.78, 5) is 22.0. The van der Waals surface area contributed by atoms with Crippen LogP contribution in [0.2, 0.25) is 0 Å². The molecule has 1 atom stereocenters. The number of rotatable bonds is 3. The Kier molecular flexibility index (Phi) is 3.25. The van der Waals surface area contributed by atoms with Gasteiger partial charge >= 0.3 is 11.9 Å². The lowest BCUT2D eigenvalue weighted by atomic mass is 9.78. The molecule has 0 aliphatic heterocycles. The standard InChI is InChI=1S/C15H14O4/c1-15(14(18)19)8-2-3-12(9-15)10-4-6-11(7-5-10)13(16)17/h2-8H,9H2,1H3,(H,16,17)(H,18,19). The highest BCUT2D eigenvalue weighted by atomic mass is 16.4. The Labute approximate surface area is 110 Å². The van der Waals surface area contributed by atoms with E-state index in [0.29, 0.717) is 6.42 Å². The maximum atomic E-state index is 11.2. The minimum atomic E-state index is -0.973. The van der Waals surface area contributed by atoms with Gasteiger partial charge in [-0.25, -0.2) is 4.79 Å². The Morgan fingerprint density at radius 1 is 1.16 bits per heavy atom. The lowest BCUT2D eigenvalue weighted by molar-refractivity contribution is -0.144. The van der Waals surface area contributed by atoms with Crippen LogP contribution < -0.4 is 0 Å². The first kappa shape index (κ1) is 13.1. The number of aliphatic carboxylic acids is 1. The molecule has 4 heteroatoms. The van der Waals surface area contributed by atoms with Crippen LogP contribution in [0.25, 0.3) is 5.57 Å². The maximum Gasteiger partial charge on any atom is 0.335 e. The van der Waals surface area contributed by atoms with E-state index in [9.17, 15) is 14.7 Å². The van der Waals surface area contributed by atoms with E-state index in [4.69, 9.17) is 5.11 Å². The maximum absolute atomic E-state index is 11.2. The molecule has 4 nitrogen and oxygen atoms in total. The molecule has 0 heterocycles. The van der Waals surface area contributed by atoms with E-state index in [1.807, 2.05) is 6.08 Å². The molecule has 1 aromatic rings. The van der Waals surface area contributed by atoms with Gasteiger partial charge in [0.05, 0.1) is 11.0 Å². The molecule has 0 radical (unpaired) electrons. The summed E-state index contributed by atoms with van der Waals surface area (Å²) in [7, 11) is 0.